The highest BCUT2D eigenvalue weighted by Gasteiger charge is 2.33. The summed E-state index contributed by atoms with van der Waals surface area (Å²) < 4.78 is 32.3. The van der Waals surface area contributed by atoms with Crippen LogP contribution in [0.5, 0.6) is 0 Å². The number of rotatable bonds is 6. The maximum absolute atomic E-state index is 13.4. The number of carboxylic acid groups (broad SMARTS) is 1. The van der Waals surface area contributed by atoms with E-state index in [1.807, 2.05) is 0 Å². The molecule has 1 aliphatic rings. The van der Waals surface area contributed by atoms with E-state index in [-0.39, 0.29) is 40.5 Å². The summed E-state index contributed by atoms with van der Waals surface area (Å²) in [6.45, 7) is 0.831. The first kappa shape index (κ1) is 22.9. The van der Waals surface area contributed by atoms with E-state index in [1.165, 1.54) is 24.4 Å². The molecule has 1 fully saturated rings. The van der Waals surface area contributed by atoms with Gasteiger partial charge in [-0.1, -0.05) is 11.6 Å². The van der Waals surface area contributed by atoms with E-state index in [1.54, 1.807) is 12.1 Å². The number of carboxylic acids is 1. The van der Waals surface area contributed by atoms with Crippen LogP contribution in [0.3, 0.4) is 0 Å². The molecule has 2 heterocycles. The van der Waals surface area contributed by atoms with Gasteiger partial charge in [-0.25, -0.2) is 13.2 Å². The van der Waals surface area contributed by atoms with E-state index in [4.69, 9.17) is 22.1 Å². The number of aromatic nitrogens is 1. The molecule has 1 amide bonds. The summed E-state index contributed by atoms with van der Waals surface area (Å²) in [5.74, 6) is -2.13. The standard InChI is InChI=1S/C21H19ClN4O6S/c22-12-2-4-15-13(8-12)19(17(9-25-15)33(30,31)18-10-24-5-6-32-18)26-16-3-1-11(20(23)27)7-14(16)21(28)29/h1-4,7-9,18,24H,5-6,10H2,(H2,23,27)(H,25,26)(H,28,29). The number of pyridine rings is 1. The number of morpholine rings is 1. The zero-order chi connectivity index (χ0) is 23.8. The number of nitrogens with zero attached hydrogens (tertiary/aromatic N) is 1. The van der Waals surface area contributed by atoms with Gasteiger partial charge < -0.3 is 26.2 Å². The zero-order valence-corrected chi connectivity index (χ0v) is 18.6. The highest BCUT2D eigenvalue weighted by atomic mass is 35.5. The lowest BCUT2D eigenvalue weighted by atomic mass is 10.1. The third kappa shape index (κ3) is 4.48. The van der Waals surface area contributed by atoms with Gasteiger partial charge in [-0.15, -0.1) is 0 Å². The van der Waals surface area contributed by atoms with Crippen molar-refractivity contribution < 1.29 is 27.9 Å². The van der Waals surface area contributed by atoms with E-state index in [0.717, 1.165) is 6.07 Å². The molecule has 1 aliphatic heterocycles. The number of hydrogen-bond donors (Lipinski definition) is 4. The van der Waals surface area contributed by atoms with E-state index < -0.39 is 27.1 Å². The van der Waals surface area contributed by atoms with Gasteiger partial charge in [0, 0.05) is 35.3 Å². The van der Waals surface area contributed by atoms with Gasteiger partial charge in [0.25, 0.3) is 0 Å². The Hall–Kier alpha value is -3.25. The minimum absolute atomic E-state index is 0.00453. The molecule has 0 bridgehead atoms. The first-order valence-corrected chi connectivity index (χ1v) is 11.7. The lowest BCUT2D eigenvalue weighted by Crippen LogP contribution is -2.43. The molecule has 2 aromatic carbocycles. The Bertz CT molecular complexity index is 1370. The first-order valence-electron chi connectivity index (χ1n) is 9.77. The smallest absolute Gasteiger partial charge is 0.337 e. The normalized spacial score (nSPS) is 16.5. The number of carbonyl (C=O) groups is 2. The molecular weight excluding hydrogens is 472 g/mol. The molecule has 1 saturated heterocycles. The van der Waals surface area contributed by atoms with Crippen molar-refractivity contribution in [3.63, 3.8) is 0 Å². The molecular formula is C21H19ClN4O6S. The van der Waals surface area contributed by atoms with E-state index in [2.05, 4.69) is 15.6 Å². The Kier molecular flexibility index (Phi) is 6.21. The van der Waals surface area contributed by atoms with E-state index in [9.17, 15) is 23.1 Å². The minimum Gasteiger partial charge on any atom is -0.478 e. The zero-order valence-electron chi connectivity index (χ0n) is 17.0. The molecule has 3 aromatic rings. The molecule has 172 valence electrons. The average Bonchev–Trinajstić information content (AvgIpc) is 2.79. The fraction of sp³-hybridized carbons (Fsp3) is 0.190. The van der Waals surface area contributed by atoms with Crippen molar-refractivity contribution >= 4 is 55.6 Å². The van der Waals surface area contributed by atoms with Crippen LogP contribution in [-0.2, 0) is 14.6 Å². The second kappa shape index (κ2) is 8.94. The van der Waals surface area contributed by atoms with Crippen molar-refractivity contribution in [3.8, 4) is 0 Å². The monoisotopic (exact) mass is 490 g/mol. The molecule has 10 nitrogen and oxygen atoms in total. The van der Waals surface area contributed by atoms with Gasteiger partial charge in [0.15, 0.2) is 5.44 Å². The summed E-state index contributed by atoms with van der Waals surface area (Å²) in [7, 11) is -4.05. The van der Waals surface area contributed by atoms with Crippen LogP contribution in [0.25, 0.3) is 10.9 Å². The first-order chi connectivity index (χ1) is 15.7. The van der Waals surface area contributed by atoms with Crippen LogP contribution in [0.15, 0.2) is 47.5 Å². The molecule has 1 unspecified atom stereocenters. The van der Waals surface area contributed by atoms with E-state index >= 15 is 0 Å². The number of amides is 1. The van der Waals surface area contributed by atoms with Crippen LogP contribution >= 0.6 is 11.6 Å². The quantitative estimate of drug-likeness (QED) is 0.405. The highest BCUT2D eigenvalue weighted by molar-refractivity contribution is 7.92. The maximum atomic E-state index is 13.4. The molecule has 0 radical (unpaired) electrons. The Balaban J connectivity index is 1.92. The van der Waals surface area contributed by atoms with Gasteiger partial charge in [-0.05, 0) is 36.4 Å². The van der Waals surface area contributed by atoms with Gasteiger partial charge in [-0.2, -0.15) is 0 Å². The summed E-state index contributed by atoms with van der Waals surface area (Å²) in [6, 6.07) is 8.56. The fourth-order valence-corrected chi connectivity index (χ4v) is 5.20. The van der Waals surface area contributed by atoms with Crippen molar-refractivity contribution in [1.29, 1.82) is 0 Å². The van der Waals surface area contributed by atoms with Crippen LogP contribution in [0, 0.1) is 0 Å². The van der Waals surface area contributed by atoms with Crippen LogP contribution in [-0.4, -0.2) is 55.5 Å². The predicted octanol–water partition coefficient (Wildman–Crippen LogP) is 2.15. The Morgan fingerprint density at radius 1 is 1.24 bits per heavy atom. The van der Waals surface area contributed by atoms with E-state index in [0.29, 0.717) is 22.5 Å². The Labute approximate surface area is 193 Å². The lowest BCUT2D eigenvalue weighted by molar-refractivity contribution is 0.0698. The molecule has 12 heteroatoms. The summed E-state index contributed by atoms with van der Waals surface area (Å²) in [5, 5.41) is 16.3. The van der Waals surface area contributed by atoms with Gasteiger partial charge in [-0.3, -0.25) is 9.78 Å². The molecule has 1 aromatic heterocycles. The molecule has 33 heavy (non-hydrogen) atoms. The number of primary amides is 1. The largest absolute Gasteiger partial charge is 0.478 e. The number of anilines is 2. The topological polar surface area (TPSA) is 161 Å². The second-order valence-electron chi connectivity index (χ2n) is 7.26. The maximum Gasteiger partial charge on any atom is 0.337 e. The van der Waals surface area contributed by atoms with Gasteiger partial charge in [0.05, 0.1) is 29.1 Å². The fourth-order valence-electron chi connectivity index (χ4n) is 3.49. The number of carbonyl (C=O) groups excluding carboxylic acids is 1. The SMILES string of the molecule is NC(=O)c1ccc(Nc2c(S(=O)(=O)C3CNCCO3)cnc3ccc(Cl)cc23)c(C(=O)O)c1. The molecule has 0 spiro atoms. The number of benzene rings is 2. The number of sulfone groups is 1. The van der Waals surface area contributed by atoms with Crippen molar-refractivity contribution in [3.05, 3.63) is 58.7 Å². The Morgan fingerprint density at radius 2 is 2.03 bits per heavy atom. The number of fused-ring (bicyclic) bond motifs is 1. The third-order valence-electron chi connectivity index (χ3n) is 5.14. The van der Waals surface area contributed by atoms with Crippen molar-refractivity contribution in [2.45, 2.75) is 10.3 Å². The van der Waals surface area contributed by atoms with Crippen molar-refractivity contribution in [2.75, 3.05) is 25.0 Å². The van der Waals surface area contributed by atoms with Gasteiger partial charge >= 0.3 is 5.97 Å². The number of ether oxygens (including phenoxy) is 1. The van der Waals surface area contributed by atoms with Crippen LogP contribution in [0.1, 0.15) is 20.7 Å². The third-order valence-corrected chi connectivity index (χ3v) is 7.29. The molecule has 4 rings (SSSR count). The number of hydrogen-bond acceptors (Lipinski definition) is 8. The minimum atomic E-state index is -4.05. The average molecular weight is 491 g/mol. The summed E-state index contributed by atoms with van der Waals surface area (Å²) in [4.78, 5) is 27.4. The van der Waals surface area contributed by atoms with Crippen molar-refractivity contribution in [1.82, 2.24) is 10.3 Å². The lowest BCUT2D eigenvalue weighted by Gasteiger charge is -2.25. The molecule has 0 aliphatic carbocycles. The predicted molar refractivity (Wildman–Crippen MR) is 122 cm³/mol. The summed E-state index contributed by atoms with van der Waals surface area (Å²) >= 11 is 6.16. The Morgan fingerprint density at radius 3 is 2.70 bits per heavy atom. The van der Waals surface area contributed by atoms with Crippen LogP contribution in [0.2, 0.25) is 5.02 Å². The molecule has 5 N–H and O–H groups in total. The number of nitrogens with one attached hydrogen (secondary N) is 2. The molecule has 1 atom stereocenters. The summed E-state index contributed by atoms with van der Waals surface area (Å²) in [5.41, 5.74) is 4.43. The number of nitrogens with two attached hydrogens (primary N) is 1. The highest BCUT2D eigenvalue weighted by Crippen LogP contribution is 2.36. The second-order valence-corrected chi connectivity index (χ2v) is 9.76. The van der Waals surface area contributed by atoms with Gasteiger partial charge in [0.2, 0.25) is 15.7 Å². The number of halogens is 1. The van der Waals surface area contributed by atoms with Crippen LogP contribution < -0.4 is 16.4 Å². The van der Waals surface area contributed by atoms with Crippen LogP contribution in [0.4, 0.5) is 11.4 Å². The van der Waals surface area contributed by atoms with Gasteiger partial charge in [0.1, 0.15) is 4.90 Å². The summed E-state index contributed by atoms with van der Waals surface area (Å²) in [6.07, 6.45) is 1.20. The van der Waals surface area contributed by atoms with Crippen molar-refractivity contribution in [2.24, 2.45) is 5.73 Å². The molecule has 0 saturated carbocycles. The number of aromatic carboxylic acids is 1.